The van der Waals surface area contributed by atoms with Crippen molar-refractivity contribution in [2.75, 3.05) is 18.1 Å². The van der Waals surface area contributed by atoms with Crippen molar-refractivity contribution in [2.45, 2.75) is 33.7 Å². The van der Waals surface area contributed by atoms with Gasteiger partial charge in [0.2, 0.25) is 11.8 Å². The maximum atomic E-state index is 11.7. The Morgan fingerprint density at radius 2 is 1.84 bits per heavy atom. The molecule has 0 bridgehead atoms. The number of hydrogen-bond donors (Lipinski definition) is 3. The minimum absolute atomic E-state index is 0.0200. The maximum Gasteiger partial charge on any atom is 0.313 e. The van der Waals surface area contributed by atoms with Gasteiger partial charge in [-0.1, -0.05) is 20.8 Å². The van der Waals surface area contributed by atoms with Crippen LogP contribution in [-0.2, 0) is 14.4 Å². The van der Waals surface area contributed by atoms with Crippen molar-refractivity contribution in [1.82, 2.24) is 10.6 Å². The van der Waals surface area contributed by atoms with E-state index in [1.165, 1.54) is 11.8 Å². The normalized spacial score (nSPS) is 12.6. The lowest BCUT2D eigenvalue weighted by molar-refractivity contribution is -0.134. The van der Waals surface area contributed by atoms with Gasteiger partial charge in [-0.3, -0.25) is 14.4 Å². The van der Waals surface area contributed by atoms with Gasteiger partial charge in [0.05, 0.1) is 5.75 Å². The SMILES string of the molecule is CC(NC(=O)C(C)(C)C)C(=O)NCCSCC(=O)O. The Morgan fingerprint density at radius 3 is 2.32 bits per heavy atom. The Hall–Kier alpha value is -1.24. The third-order valence-electron chi connectivity index (χ3n) is 2.19. The van der Waals surface area contributed by atoms with Crippen LogP contribution in [0.15, 0.2) is 0 Å². The third kappa shape index (κ3) is 8.47. The number of amides is 2. The molecule has 0 heterocycles. The fourth-order valence-corrected chi connectivity index (χ4v) is 1.60. The van der Waals surface area contributed by atoms with Gasteiger partial charge in [0.15, 0.2) is 0 Å². The van der Waals surface area contributed by atoms with E-state index in [-0.39, 0.29) is 17.6 Å². The molecule has 0 aliphatic rings. The van der Waals surface area contributed by atoms with E-state index in [1.54, 1.807) is 27.7 Å². The zero-order valence-corrected chi connectivity index (χ0v) is 12.6. The van der Waals surface area contributed by atoms with Gasteiger partial charge >= 0.3 is 5.97 Å². The van der Waals surface area contributed by atoms with Gasteiger partial charge in [0.25, 0.3) is 0 Å². The van der Waals surface area contributed by atoms with Gasteiger partial charge in [-0.25, -0.2) is 0 Å². The van der Waals surface area contributed by atoms with Crippen molar-refractivity contribution >= 4 is 29.5 Å². The van der Waals surface area contributed by atoms with Gasteiger partial charge in [-0.05, 0) is 6.92 Å². The largest absolute Gasteiger partial charge is 0.481 e. The molecule has 1 atom stereocenters. The van der Waals surface area contributed by atoms with Crippen LogP contribution in [0.3, 0.4) is 0 Å². The van der Waals surface area contributed by atoms with E-state index < -0.39 is 17.4 Å². The first-order valence-electron chi connectivity index (χ1n) is 6.03. The first-order valence-corrected chi connectivity index (χ1v) is 7.18. The van der Waals surface area contributed by atoms with Crippen molar-refractivity contribution in [1.29, 1.82) is 0 Å². The van der Waals surface area contributed by atoms with Crippen LogP contribution < -0.4 is 10.6 Å². The lowest BCUT2D eigenvalue weighted by Gasteiger charge is -2.21. The molecule has 0 aromatic rings. The second-order valence-electron chi connectivity index (χ2n) is 5.18. The second kappa shape index (κ2) is 8.04. The van der Waals surface area contributed by atoms with Crippen LogP contribution in [0.2, 0.25) is 0 Å². The molecule has 2 amide bonds. The molecule has 0 radical (unpaired) electrons. The van der Waals surface area contributed by atoms with Gasteiger partial charge in [-0.2, -0.15) is 0 Å². The van der Waals surface area contributed by atoms with Crippen molar-refractivity contribution < 1.29 is 19.5 Å². The summed E-state index contributed by atoms with van der Waals surface area (Å²) in [5, 5.41) is 13.7. The number of carboxylic acids is 1. The molecule has 110 valence electrons. The van der Waals surface area contributed by atoms with E-state index in [0.29, 0.717) is 12.3 Å². The summed E-state index contributed by atoms with van der Waals surface area (Å²) < 4.78 is 0. The lowest BCUT2D eigenvalue weighted by atomic mass is 9.95. The number of thioether (sulfide) groups is 1. The van der Waals surface area contributed by atoms with Gasteiger partial charge < -0.3 is 15.7 Å². The van der Waals surface area contributed by atoms with Crippen molar-refractivity contribution in [2.24, 2.45) is 5.41 Å². The van der Waals surface area contributed by atoms with Crippen LogP contribution in [-0.4, -0.2) is 47.0 Å². The molecule has 19 heavy (non-hydrogen) atoms. The summed E-state index contributed by atoms with van der Waals surface area (Å²) in [5.74, 6) is -0.782. The Bertz CT molecular complexity index is 339. The number of aliphatic carboxylic acids is 1. The molecule has 0 aliphatic heterocycles. The molecule has 0 spiro atoms. The first kappa shape index (κ1) is 17.8. The van der Waals surface area contributed by atoms with Gasteiger partial charge in [0.1, 0.15) is 6.04 Å². The quantitative estimate of drug-likeness (QED) is 0.592. The van der Waals surface area contributed by atoms with Crippen LogP contribution in [0.25, 0.3) is 0 Å². The van der Waals surface area contributed by atoms with E-state index in [4.69, 9.17) is 5.11 Å². The number of carboxylic acid groups (broad SMARTS) is 1. The molecular weight excluding hydrogens is 268 g/mol. The molecule has 1 unspecified atom stereocenters. The summed E-state index contributed by atoms with van der Waals surface area (Å²) in [7, 11) is 0. The molecule has 7 heteroatoms. The highest BCUT2D eigenvalue weighted by Gasteiger charge is 2.24. The van der Waals surface area contributed by atoms with Crippen LogP contribution in [0.1, 0.15) is 27.7 Å². The molecule has 0 aromatic heterocycles. The predicted octanol–water partition coefficient (Wildman–Crippen LogP) is 0.471. The summed E-state index contributed by atoms with van der Waals surface area (Å²) in [5.41, 5.74) is -0.536. The first-order chi connectivity index (χ1) is 8.64. The fraction of sp³-hybridized carbons (Fsp3) is 0.750. The van der Waals surface area contributed by atoms with Crippen LogP contribution in [0.4, 0.5) is 0 Å². The monoisotopic (exact) mass is 290 g/mol. The van der Waals surface area contributed by atoms with Crippen LogP contribution in [0.5, 0.6) is 0 Å². The topological polar surface area (TPSA) is 95.5 Å². The molecule has 0 fully saturated rings. The Balaban J connectivity index is 3.89. The molecule has 0 aromatic carbocycles. The fourth-order valence-electron chi connectivity index (χ4n) is 1.04. The van der Waals surface area contributed by atoms with E-state index in [9.17, 15) is 14.4 Å². The second-order valence-corrected chi connectivity index (χ2v) is 6.29. The highest BCUT2D eigenvalue weighted by Crippen LogP contribution is 2.12. The van der Waals surface area contributed by atoms with E-state index in [1.807, 2.05) is 0 Å². The zero-order valence-electron chi connectivity index (χ0n) is 11.8. The number of rotatable bonds is 7. The van der Waals surface area contributed by atoms with Crippen molar-refractivity contribution in [3.05, 3.63) is 0 Å². The molecule has 3 N–H and O–H groups in total. The maximum absolute atomic E-state index is 11.7. The molecular formula is C12H22N2O4S. The third-order valence-corrected chi connectivity index (χ3v) is 3.14. The van der Waals surface area contributed by atoms with Gasteiger partial charge in [-0.15, -0.1) is 11.8 Å². The molecule has 0 rings (SSSR count). The van der Waals surface area contributed by atoms with Crippen LogP contribution in [0, 0.1) is 5.41 Å². The number of nitrogens with one attached hydrogen (secondary N) is 2. The summed E-state index contributed by atoms with van der Waals surface area (Å²) in [6, 6.07) is -0.601. The molecule has 0 aliphatic carbocycles. The molecule has 0 saturated heterocycles. The Labute approximate surface area is 117 Å². The average molecular weight is 290 g/mol. The number of carbonyl (C=O) groups is 3. The summed E-state index contributed by atoms with van der Waals surface area (Å²) in [6.45, 7) is 7.32. The molecule has 6 nitrogen and oxygen atoms in total. The Morgan fingerprint density at radius 1 is 1.26 bits per heavy atom. The molecule has 0 saturated carbocycles. The predicted molar refractivity (Wildman–Crippen MR) is 75.0 cm³/mol. The van der Waals surface area contributed by atoms with Gasteiger partial charge in [0, 0.05) is 17.7 Å². The van der Waals surface area contributed by atoms with Crippen molar-refractivity contribution in [3.63, 3.8) is 0 Å². The highest BCUT2D eigenvalue weighted by atomic mass is 32.2. The van der Waals surface area contributed by atoms with Crippen LogP contribution >= 0.6 is 11.8 Å². The minimum Gasteiger partial charge on any atom is -0.481 e. The summed E-state index contributed by atoms with van der Waals surface area (Å²) >= 11 is 1.23. The number of hydrogen-bond acceptors (Lipinski definition) is 4. The standard InChI is InChI=1S/C12H22N2O4S/c1-8(14-11(18)12(2,3)4)10(17)13-5-6-19-7-9(15)16/h8H,5-7H2,1-4H3,(H,13,17)(H,14,18)(H,15,16). The smallest absolute Gasteiger partial charge is 0.313 e. The Kier molecular flexibility index (Phi) is 7.51. The van der Waals surface area contributed by atoms with E-state index >= 15 is 0 Å². The zero-order chi connectivity index (χ0) is 15.1. The lowest BCUT2D eigenvalue weighted by Crippen LogP contribution is -2.48. The summed E-state index contributed by atoms with van der Waals surface area (Å²) in [4.78, 5) is 33.6. The average Bonchev–Trinajstić information content (AvgIpc) is 2.26. The van der Waals surface area contributed by atoms with E-state index in [0.717, 1.165) is 0 Å². The van der Waals surface area contributed by atoms with E-state index in [2.05, 4.69) is 10.6 Å². The summed E-state index contributed by atoms with van der Waals surface area (Å²) in [6.07, 6.45) is 0. The minimum atomic E-state index is -0.873. The number of carbonyl (C=O) groups excluding carboxylic acids is 2. The van der Waals surface area contributed by atoms with Crippen molar-refractivity contribution in [3.8, 4) is 0 Å². The highest BCUT2D eigenvalue weighted by molar-refractivity contribution is 7.99.